The molecule has 0 spiro atoms. The molecule has 0 radical (unpaired) electrons. The third kappa shape index (κ3) is 5.20. The minimum absolute atomic E-state index is 0.129. The molecular weight excluding hydrogens is 356 g/mol. The van der Waals surface area contributed by atoms with Crippen LogP contribution >= 0.6 is 11.6 Å². The average Bonchev–Trinajstić information content (AvgIpc) is 2.63. The summed E-state index contributed by atoms with van der Waals surface area (Å²) in [5.41, 5.74) is 0.745. The third-order valence-electron chi connectivity index (χ3n) is 3.96. The van der Waals surface area contributed by atoms with E-state index in [1.807, 2.05) is 13.8 Å². The summed E-state index contributed by atoms with van der Waals surface area (Å²) in [6, 6.07) is 10.3. The molecule has 0 saturated carbocycles. The summed E-state index contributed by atoms with van der Waals surface area (Å²) in [6.07, 6.45) is 1.62. The predicted molar refractivity (Wildman–Crippen MR) is 98.5 cm³/mol. The molecule has 0 bridgehead atoms. The van der Waals surface area contributed by atoms with Gasteiger partial charge in [0.15, 0.2) is 0 Å². The van der Waals surface area contributed by atoms with Crippen molar-refractivity contribution in [2.45, 2.75) is 20.3 Å². The normalized spacial score (nSPS) is 11.7. The van der Waals surface area contributed by atoms with E-state index in [1.54, 1.807) is 36.4 Å². The van der Waals surface area contributed by atoms with Crippen LogP contribution in [0.5, 0.6) is 11.6 Å². The van der Waals surface area contributed by atoms with E-state index in [0.717, 1.165) is 5.56 Å². The van der Waals surface area contributed by atoms with E-state index in [9.17, 15) is 14.7 Å². The molecule has 138 valence electrons. The van der Waals surface area contributed by atoms with Gasteiger partial charge in [0.1, 0.15) is 11.7 Å². The van der Waals surface area contributed by atoms with Crippen molar-refractivity contribution < 1.29 is 19.4 Å². The standard InChI is InChI=1S/C19H21ClN2O4/c1-3-22(4-2)18(23)16(19(24)25)11-13-5-8-15(9-6-13)26-17-10-7-14(20)12-21-17/h5-10,12,16H,3-4,11H2,1-2H3,(H,24,25). The Morgan fingerprint density at radius 3 is 2.31 bits per heavy atom. The molecule has 0 saturated heterocycles. The summed E-state index contributed by atoms with van der Waals surface area (Å²) in [6.45, 7) is 4.63. The first-order valence-electron chi connectivity index (χ1n) is 8.34. The molecule has 1 aromatic heterocycles. The Kier molecular flexibility index (Phi) is 6.97. The van der Waals surface area contributed by atoms with Crippen LogP contribution in [0.4, 0.5) is 0 Å². The summed E-state index contributed by atoms with van der Waals surface area (Å²) in [4.78, 5) is 29.5. The summed E-state index contributed by atoms with van der Waals surface area (Å²) < 4.78 is 5.60. The van der Waals surface area contributed by atoms with E-state index in [-0.39, 0.29) is 12.3 Å². The van der Waals surface area contributed by atoms with Crippen LogP contribution in [0, 0.1) is 5.92 Å². The lowest BCUT2D eigenvalue weighted by Crippen LogP contribution is -2.40. The maximum Gasteiger partial charge on any atom is 0.316 e. The number of carbonyl (C=O) groups is 2. The monoisotopic (exact) mass is 376 g/mol. The first-order chi connectivity index (χ1) is 12.4. The fourth-order valence-electron chi connectivity index (χ4n) is 2.51. The molecule has 2 aromatic rings. The minimum Gasteiger partial charge on any atom is -0.481 e. The summed E-state index contributed by atoms with van der Waals surface area (Å²) in [5, 5.41) is 9.94. The Morgan fingerprint density at radius 2 is 1.81 bits per heavy atom. The van der Waals surface area contributed by atoms with Gasteiger partial charge in [0, 0.05) is 25.4 Å². The molecule has 1 N–H and O–H groups in total. The molecule has 1 atom stereocenters. The molecule has 1 unspecified atom stereocenters. The van der Waals surface area contributed by atoms with Crippen molar-refractivity contribution in [3.8, 4) is 11.6 Å². The molecular formula is C19H21ClN2O4. The number of ether oxygens (including phenoxy) is 1. The number of benzene rings is 1. The number of aliphatic carboxylic acids is 1. The Morgan fingerprint density at radius 1 is 1.15 bits per heavy atom. The van der Waals surface area contributed by atoms with E-state index in [1.165, 1.54) is 11.1 Å². The van der Waals surface area contributed by atoms with E-state index in [0.29, 0.717) is 29.7 Å². The average molecular weight is 377 g/mol. The molecule has 6 nitrogen and oxygen atoms in total. The predicted octanol–water partition coefficient (Wildman–Crippen LogP) is 3.64. The Labute approximate surface area is 157 Å². The Hall–Kier alpha value is -2.60. The second-order valence-corrected chi connectivity index (χ2v) is 6.10. The molecule has 7 heteroatoms. The van der Waals surface area contributed by atoms with Gasteiger partial charge >= 0.3 is 5.97 Å². The van der Waals surface area contributed by atoms with Crippen molar-refractivity contribution >= 4 is 23.5 Å². The van der Waals surface area contributed by atoms with Gasteiger partial charge in [-0.25, -0.2) is 4.98 Å². The van der Waals surface area contributed by atoms with Gasteiger partial charge in [0.2, 0.25) is 11.8 Å². The van der Waals surface area contributed by atoms with Gasteiger partial charge in [-0.15, -0.1) is 0 Å². The molecule has 1 amide bonds. The number of pyridine rings is 1. The zero-order chi connectivity index (χ0) is 19.1. The lowest BCUT2D eigenvalue weighted by molar-refractivity contribution is -0.150. The number of aromatic nitrogens is 1. The van der Waals surface area contributed by atoms with Gasteiger partial charge in [-0.3, -0.25) is 9.59 Å². The van der Waals surface area contributed by atoms with Crippen LogP contribution in [0.2, 0.25) is 5.02 Å². The molecule has 26 heavy (non-hydrogen) atoms. The molecule has 2 rings (SSSR count). The highest BCUT2D eigenvalue weighted by Crippen LogP contribution is 2.22. The van der Waals surface area contributed by atoms with E-state index in [4.69, 9.17) is 16.3 Å². The number of hydrogen-bond acceptors (Lipinski definition) is 4. The van der Waals surface area contributed by atoms with Crippen molar-refractivity contribution in [2.75, 3.05) is 13.1 Å². The smallest absolute Gasteiger partial charge is 0.316 e. The zero-order valence-electron chi connectivity index (χ0n) is 14.7. The van der Waals surface area contributed by atoms with Gasteiger partial charge in [-0.05, 0) is 44.0 Å². The lowest BCUT2D eigenvalue weighted by Gasteiger charge is -2.23. The van der Waals surface area contributed by atoms with Gasteiger partial charge < -0.3 is 14.7 Å². The van der Waals surface area contributed by atoms with Gasteiger partial charge in [-0.1, -0.05) is 23.7 Å². The highest BCUT2D eigenvalue weighted by molar-refractivity contribution is 6.30. The minimum atomic E-state index is -1.12. The molecule has 1 heterocycles. The summed E-state index contributed by atoms with van der Waals surface area (Å²) >= 11 is 5.78. The zero-order valence-corrected chi connectivity index (χ0v) is 15.4. The third-order valence-corrected chi connectivity index (χ3v) is 4.18. The second kappa shape index (κ2) is 9.20. The van der Waals surface area contributed by atoms with Gasteiger partial charge in [-0.2, -0.15) is 0 Å². The number of carboxylic acid groups (broad SMARTS) is 1. The number of nitrogens with zero attached hydrogens (tertiary/aromatic N) is 2. The first-order valence-corrected chi connectivity index (χ1v) is 8.72. The molecule has 1 aromatic carbocycles. The van der Waals surface area contributed by atoms with E-state index in [2.05, 4.69) is 4.98 Å². The fraction of sp³-hybridized carbons (Fsp3) is 0.316. The number of carbonyl (C=O) groups excluding carboxylic acids is 1. The number of rotatable bonds is 8. The van der Waals surface area contributed by atoms with Crippen LogP contribution in [-0.2, 0) is 16.0 Å². The van der Waals surface area contributed by atoms with E-state index >= 15 is 0 Å². The topological polar surface area (TPSA) is 79.7 Å². The SMILES string of the molecule is CCN(CC)C(=O)C(Cc1ccc(Oc2ccc(Cl)cn2)cc1)C(=O)O. The Bertz CT molecular complexity index is 743. The van der Waals surface area contributed by atoms with Crippen molar-refractivity contribution in [3.63, 3.8) is 0 Å². The van der Waals surface area contributed by atoms with Crippen molar-refractivity contribution in [1.82, 2.24) is 9.88 Å². The Balaban J connectivity index is 2.07. The first kappa shape index (κ1) is 19.7. The van der Waals surface area contributed by atoms with Gasteiger partial charge in [0.05, 0.1) is 5.02 Å². The highest BCUT2D eigenvalue weighted by atomic mass is 35.5. The number of amides is 1. The quantitative estimate of drug-likeness (QED) is 0.711. The maximum absolute atomic E-state index is 12.4. The van der Waals surface area contributed by atoms with Crippen molar-refractivity contribution in [1.29, 1.82) is 0 Å². The van der Waals surface area contributed by atoms with E-state index < -0.39 is 11.9 Å². The second-order valence-electron chi connectivity index (χ2n) is 5.67. The summed E-state index contributed by atoms with van der Waals surface area (Å²) in [5.74, 6) is -1.62. The van der Waals surface area contributed by atoms with Gasteiger partial charge in [0.25, 0.3) is 0 Å². The fourth-order valence-corrected chi connectivity index (χ4v) is 2.62. The largest absolute Gasteiger partial charge is 0.481 e. The summed E-state index contributed by atoms with van der Waals surface area (Å²) in [7, 11) is 0. The molecule has 0 aliphatic heterocycles. The van der Waals surface area contributed by atoms with Crippen molar-refractivity contribution in [3.05, 3.63) is 53.2 Å². The lowest BCUT2D eigenvalue weighted by atomic mass is 9.98. The van der Waals surface area contributed by atoms with Crippen molar-refractivity contribution in [2.24, 2.45) is 5.92 Å². The van der Waals surface area contributed by atoms with Crippen LogP contribution in [-0.4, -0.2) is 40.0 Å². The molecule has 0 aliphatic carbocycles. The van der Waals surface area contributed by atoms with Crippen LogP contribution in [0.3, 0.4) is 0 Å². The molecule has 0 fully saturated rings. The number of halogens is 1. The van der Waals surface area contributed by atoms with Crippen LogP contribution in [0.1, 0.15) is 19.4 Å². The molecule has 0 aliphatic rings. The van der Waals surface area contributed by atoms with Crippen LogP contribution in [0.25, 0.3) is 0 Å². The number of carboxylic acids is 1. The van der Waals surface area contributed by atoms with Crippen LogP contribution in [0.15, 0.2) is 42.6 Å². The van der Waals surface area contributed by atoms with Crippen LogP contribution < -0.4 is 4.74 Å². The highest BCUT2D eigenvalue weighted by Gasteiger charge is 2.29. The number of hydrogen-bond donors (Lipinski definition) is 1. The maximum atomic E-state index is 12.4.